The van der Waals surface area contributed by atoms with Crippen LogP contribution < -0.4 is 5.32 Å². The van der Waals surface area contributed by atoms with E-state index in [4.69, 9.17) is 11.6 Å². The summed E-state index contributed by atoms with van der Waals surface area (Å²) in [6.07, 6.45) is 0. The van der Waals surface area contributed by atoms with Crippen LogP contribution in [0.3, 0.4) is 0 Å². The number of amides is 1. The number of nitrogens with zero attached hydrogens (tertiary/aromatic N) is 2. The topological polar surface area (TPSA) is 46.9 Å². The molecule has 3 rings (SSSR count). The monoisotopic (exact) mass is 357 g/mol. The van der Waals surface area contributed by atoms with Gasteiger partial charge in [-0.1, -0.05) is 23.7 Å². The minimum Gasteiger partial charge on any atom is -0.322 e. The van der Waals surface area contributed by atoms with Crippen LogP contribution in [0.2, 0.25) is 5.15 Å². The lowest BCUT2D eigenvalue weighted by molar-refractivity contribution is 0.102. The quantitative estimate of drug-likeness (QED) is 0.728. The lowest BCUT2D eigenvalue weighted by Gasteiger charge is -2.09. The molecule has 0 aliphatic rings. The molecule has 0 bridgehead atoms. The van der Waals surface area contributed by atoms with Gasteiger partial charge in [0.1, 0.15) is 16.5 Å². The van der Waals surface area contributed by atoms with Gasteiger partial charge in [0, 0.05) is 5.69 Å². The number of hydrogen-bond donors (Lipinski definition) is 1. The van der Waals surface area contributed by atoms with Crippen molar-refractivity contribution in [3.8, 4) is 5.69 Å². The molecule has 0 aliphatic carbocycles. The fourth-order valence-corrected chi connectivity index (χ4v) is 2.92. The molecule has 1 amide bonds. The van der Waals surface area contributed by atoms with Gasteiger partial charge in [0.2, 0.25) is 0 Å². The molecule has 0 spiro atoms. The molecule has 0 aliphatic heterocycles. The van der Waals surface area contributed by atoms with Gasteiger partial charge < -0.3 is 5.32 Å². The van der Waals surface area contributed by atoms with E-state index in [1.165, 1.54) is 16.8 Å². The van der Waals surface area contributed by atoms with Gasteiger partial charge in [-0.15, -0.1) is 0 Å². The Morgan fingerprint density at radius 2 is 1.80 bits per heavy atom. The summed E-state index contributed by atoms with van der Waals surface area (Å²) in [5.41, 5.74) is 4.11. The molecular formula is C19H17ClFN3O. The fraction of sp³-hybridized carbons (Fsp3) is 0.158. The molecule has 0 atom stereocenters. The maximum absolute atomic E-state index is 13.1. The molecule has 0 fully saturated rings. The molecule has 128 valence electrons. The second-order valence-electron chi connectivity index (χ2n) is 5.91. The fourth-order valence-electron chi connectivity index (χ4n) is 2.57. The molecule has 0 saturated heterocycles. The largest absolute Gasteiger partial charge is 0.322 e. The van der Waals surface area contributed by atoms with Crippen molar-refractivity contribution in [2.75, 3.05) is 5.32 Å². The number of carbonyl (C=O) groups is 1. The molecule has 4 nitrogen and oxygen atoms in total. The van der Waals surface area contributed by atoms with E-state index in [-0.39, 0.29) is 16.9 Å². The van der Waals surface area contributed by atoms with Crippen LogP contribution in [0.15, 0.2) is 42.5 Å². The van der Waals surface area contributed by atoms with E-state index in [2.05, 4.69) is 10.4 Å². The highest BCUT2D eigenvalue weighted by molar-refractivity contribution is 6.34. The SMILES string of the molecule is Cc1ccc(C)c(NC(=O)c2c(C)nn(-c3ccc(F)cc3)c2Cl)c1. The van der Waals surface area contributed by atoms with Gasteiger partial charge >= 0.3 is 0 Å². The van der Waals surface area contributed by atoms with Crippen molar-refractivity contribution in [2.24, 2.45) is 0 Å². The van der Waals surface area contributed by atoms with E-state index < -0.39 is 0 Å². The summed E-state index contributed by atoms with van der Waals surface area (Å²) in [5, 5.41) is 7.39. The normalized spacial score (nSPS) is 10.8. The number of aryl methyl sites for hydroxylation is 3. The predicted molar refractivity (Wildman–Crippen MR) is 97.1 cm³/mol. The predicted octanol–water partition coefficient (Wildman–Crippen LogP) is 4.84. The third-order valence-electron chi connectivity index (χ3n) is 3.94. The van der Waals surface area contributed by atoms with Crippen molar-refractivity contribution < 1.29 is 9.18 Å². The molecule has 0 unspecified atom stereocenters. The van der Waals surface area contributed by atoms with Gasteiger partial charge in [0.15, 0.2) is 0 Å². The molecule has 1 aromatic heterocycles. The Kier molecular flexibility index (Phi) is 4.59. The number of benzene rings is 2. The number of nitrogens with one attached hydrogen (secondary N) is 1. The first kappa shape index (κ1) is 17.2. The van der Waals surface area contributed by atoms with Crippen LogP contribution >= 0.6 is 11.6 Å². The smallest absolute Gasteiger partial charge is 0.260 e. The maximum Gasteiger partial charge on any atom is 0.260 e. The van der Waals surface area contributed by atoms with Crippen molar-refractivity contribution in [1.29, 1.82) is 0 Å². The van der Waals surface area contributed by atoms with Gasteiger partial charge in [0.25, 0.3) is 5.91 Å². The molecular weight excluding hydrogens is 341 g/mol. The van der Waals surface area contributed by atoms with Gasteiger partial charge in [-0.2, -0.15) is 5.10 Å². The minimum absolute atomic E-state index is 0.187. The number of aromatic nitrogens is 2. The first-order valence-corrected chi connectivity index (χ1v) is 8.14. The summed E-state index contributed by atoms with van der Waals surface area (Å²) in [6.45, 7) is 5.59. The summed E-state index contributed by atoms with van der Waals surface area (Å²) in [5.74, 6) is -0.679. The highest BCUT2D eigenvalue weighted by atomic mass is 35.5. The lowest BCUT2D eigenvalue weighted by Crippen LogP contribution is -2.14. The number of rotatable bonds is 3. The molecule has 1 N–H and O–H groups in total. The summed E-state index contributed by atoms with van der Waals surface area (Å²) in [6, 6.07) is 11.6. The second kappa shape index (κ2) is 6.69. The molecule has 3 aromatic rings. The Balaban J connectivity index is 1.96. The minimum atomic E-state index is -0.350. The molecule has 6 heteroatoms. The Labute approximate surface area is 150 Å². The van der Waals surface area contributed by atoms with Gasteiger partial charge in [-0.25, -0.2) is 9.07 Å². The number of halogens is 2. The third kappa shape index (κ3) is 3.42. The van der Waals surface area contributed by atoms with E-state index in [1.54, 1.807) is 19.1 Å². The van der Waals surface area contributed by atoms with Crippen LogP contribution in [0.25, 0.3) is 5.69 Å². The standard InChI is InChI=1S/C19H17ClFN3O/c1-11-4-5-12(2)16(10-11)22-19(25)17-13(3)23-24(18(17)20)15-8-6-14(21)7-9-15/h4-10H,1-3H3,(H,22,25). The van der Waals surface area contributed by atoms with Crippen molar-refractivity contribution >= 4 is 23.2 Å². The zero-order valence-electron chi connectivity index (χ0n) is 14.1. The zero-order chi connectivity index (χ0) is 18.1. The Morgan fingerprint density at radius 3 is 2.48 bits per heavy atom. The number of hydrogen-bond acceptors (Lipinski definition) is 2. The third-order valence-corrected chi connectivity index (χ3v) is 4.29. The Bertz CT molecular complexity index is 948. The van der Waals surface area contributed by atoms with Gasteiger partial charge in [0.05, 0.1) is 11.4 Å². The highest BCUT2D eigenvalue weighted by Crippen LogP contribution is 2.25. The Morgan fingerprint density at radius 1 is 1.12 bits per heavy atom. The Hall–Kier alpha value is -2.66. The van der Waals surface area contributed by atoms with Crippen molar-refractivity contribution in [2.45, 2.75) is 20.8 Å². The first-order valence-electron chi connectivity index (χ1n) is 7.76. The van der Waals surface area contributed by atoms with Gasteiger partial charge in [-0.3, -0.25) is 4.79 Å². The molecule has 0 saturated carbocycles. The first-order chi connectivity index (χ1) is 11.9. The van der Waals surface area contributed by atoms with Crippen LogP contribution in [0.5, 0.6) is 0 Å². The molecule has 2 aromatic carbocycles. The van der Waals surface area contributed by atoms with Crippen molar-refractivity contribution in [3.05, 3.63) is 75.8 Å². The molecule has 0 radical (unpaired) electrons. The summed E-state index contributed by atoms with van der Waals surface area (Å²) < 4.78 is 14.5. The maximum atomic E-state index is 13.1. The summed E-state index contributed by atoms with van der Waals surface area (Å²) in [7, 11) is 0. The lowest BCUT2D eigenvalue weighted by atomic mass is 10.1. The average Bonchev–Trinajstić information content (AvgIpc) is 2.86. The zero-order valence-corrected chi connectivity index (χ0v) is 14.9. The van der Waals surface area contributed by atoms with E-state index in [1.807, 2.05) is 32.0 Å². The second-order valence-corrected chi connectivity index (χ2v) is 6.27. The van der Waals surface area contributed by atoms with E-state index in [0.29, 0.717) is 16.9 Å². The van der Waals surface area contributed by atoms with Crippen LogP contribution in [0, 0.1) is 26.6 Å². The summed E-state index contributed by atoms with van der Waals surface area (Å²) in [4.78, 5) is 12.7. The number of anilines is 1. The van der Waals surface area contributed by atoms with Gasteiger partial charge in [-0.05, 0) is 62.2 Å². The van der Waals surface area contributed by atoms with E-state index in [9.17, 15) is 9.18 Å². The molecule has 25 heavy (non-hydrogen) atoms. The van der Waals surface area contributed by atoms with Crippen LogP contribution in [-0.4, -0.2) is 15.7 Å². The number of carbonyl (C=O) groups excluding carboxylic acids is 1. The van der Waals surface area contributed by atoms with Crippen LogP contribution in [0.1, 0.15) is 27.2 Å². The van der Waals surface area contributed by atoms with Crippen LogP contribution in [-0.2, 0) is 0 Å². The van der Waals surface area contributed by atoms with Crippen molar-refractivity contribution in [1.82, 2.24) is 9.78 Å². The van der Waals surface area contributed by atoms with Crippen molar-refractivity contribution in [3.63, 3.8) is 0 Å². The van der Waals surface area contributed by atoms with E-state index >= 15 is 0 Å². The van der Waals surface area contributed by atoms with Crippen LogP contribution in [0.4, 0.5) is 10.1 Å². The average molecular weight is 358 g/mol. The highest BCUT2D eigenvalue weighted by Gasteiger charge is 2.21. The summed E-state index contributed by atoms with van der Waals surface area (Å²) >= 11 is 6.38. The van der Waals surface area contributed by atoms with E-state index in [0.717, 1.165) is 16.8 Å². The molecule has 1 heterocycles.